The van der Waals surface area contributed by atoms with Crippen LogP contribution in [0.3, 0.4) is 0 Å². The standard InChI is InChI=1S/C20H22N2O5S/c1-26-16-6-8-17(9-7-16)28(24,25)21-15-5-4-14-10-11-22(18(14)13-15)20(23)19-3-2-12-27-19/h4-9,13,19,21H,2-3,10-12H2,1H3/t19-/m1/s1. The number of rotatable bonds is 5. The molecule has 0 aromatic heterocycles. The van der Waals surface area contributed by atoms with Crippen LogP contribution in [-0.4, -0.2) is 40.7 Å². The molecule has 0 spiro atoms. The van der Waals surface area contributed by atoms with Gasteiger partial charge in [-0.2, -0.15) is 0 Å². The zero-order valence-corrected chi connectivity index (χ0v) is 16.4. The van der Waals surface area contributed by atoms with E-state index in [1.165, 1.54) is 19.2 Å². The Bertz CT molecular complexity index is 982. The molecule has 0 saturated carbocycles. The van der Waals surface area contributed by atoms with Gasteiger partial charge in [0.1, 0.15) is 11.9 Å². The molecule has 1 amide bonds. The quantitative estimate of drug-likeness (QED) is 0.831. The molecule has 1 atom stereocenters. The van der Waals surface area contributed by atoms with Gasteiger partial charge in [-0.1, -0.05) is 6.07 Å². The summed E-state index contributed by atoms with van der Waals surface area (Å²) in [6.07, 6.45) is 1.97. The molecule has 2 heterocycles. The van der Waals surface area contributed by atoms with Crippen molar-refractivity contribution in [2.45, 2.75) is 30.3 Å². The number of carbonyl (C=O) groups excluding carboxylic acids is 1. The van der Waals surface area contributed by atoms with Gasteiger partial charge in [-0.05, 0) is 61.2 Å². The van der Waals surface area contributed by atoms with Gasteiger partial charge in [-0.25, -0.2) is 8.42 Å². The lowest BCUT2D eigenvalue weighted by atomic mass is 10.1. The van der Waals surface area contributed by atoms with E-state index in [2.05, 4.69) is 4.72 Å². The van der Waals surface area contributed by atoms with E-state index in [9.17, 15) is 13.2 Å². The molecule has 2 aliphatic heterocycles. The molecule has 1 saturated heterocycles. The lowest BCUT2D eigenvalue weighted by molar-refractivity contribution is -0.127. The highest BCUT2D eigenvalue weighted by Gasteiger charge is 2.33. The summed E-state index contributed by atoms with van der Waals surface area (Å²) in [7, 11) is -2.22. The highest BCUT2D eigenvalue weighted by molar-refractivity contribution is 7.92. The number of benzene rings is 2. The number of ether oxygens (including phenoxy) is 2. The first-order chi connectivity index (χ1) is 13.5. The molecule has 0 aliphatic carbocycles. The van der Waals surface area contributed by atoms with E-state index in [1.807, 2.05) is 6.07 Å². The van der Waals surface area contributed by atoms with E-state index in [1.54, 1.807) is 29.2 Å². The largest absolute Gasteiger partial charge is 0.497 e. The lowest BCUT2D eigenvalue weighted by Crippen LogP contribution is -2.37. The monoisotopic (exact) mass is 402 g/mol. The first-order valence-corrected chi connectivity index (χ1v) is 10.7. The minimum Gasteiger partial charge on any atom is -0.497 e. The van der Waals surface area contributed by atoms with Crippen molar-refractivity contribution in [3.8, 4) is 5.75 Å². The topological polar surface area (TPSA) is 84.9 Å². The highest BCUT2D eigenvalue weighted by atomic mass is 32.2. The predicted molar refractivity (Wildman–Crippen MR) is 105 cm³/mol. The second-order valence-electron chi connectivity index (χ2n) is 6.87. The van der Waals surface area contributed by atoms with E-state index >= 15 is 0 Å². The number of fused-ring (bicyclic) bond motifs is 1. The number of hydrogen-bond acceptors (Lipinski definition) is 5. The predicted octanol–water partition coefficient (Wildman–Crippen LogP) is 2.56. The van der Waals surface area contributed by atoms with Crippen LogP contribution in [-0.2, 0) is 26.0 Å². The van der Waals surface area contributed by atoms with Crippen molar-refractivity contribution in [3.63, 3.8) is 0 Å². The molecule has 4 rings (SSSR count). The minimum atomic E-state index is -3.74. The molecule has 148 valence electrons. The molecule has 0 unspecified atom stereocenters. The van der Waals surface area contributed by atoms with Crippen LogP contribution in [0.5, 0.6) is 5.75 Å². The highest BCUT2D eigenvalue weighted by Crippen LogP contribution is 2.33. The number of sulfonamides is 1. The van der Waals surface area contributed by atoms with Crippen LogP contribution >= 0.6 is 0 Å². The van der Waals surface area contributed by atoms with Crippen molar-refractivity contribution in [2.24, 2.45) is 0 Å². The fourth-order valence-electron chi connectivity index (χ4n) is 3.59. The van der Waals surface area contributed by atoms with Crippen molar-refractivity contribution in [1.29, 1.82) is 0 Å². The molecule has 28 heavy (non-hydrogen) atoms. The Morgan fingerprint density at radius 3 is 2.68 bits per heavy atom. The van der Waals surface area contributed by atoms with Gasteiger partial charge >= 0.3 is 0 Å². The maximum Gasteiger partial charge on any atom is 0.261 e. The lowest BCUT2D eigenvalue weighted by Gasteiger charge is -2.21. The van der Waals surface area contributed by atoms with Crippen molar-refractivity contribution >= 4 is 27.3 Å². The van der Waals surface area contributed by atoms with E-state index in [-0.39, 0.29) is 10.8 Å². The van der Waals surface area contributed by atoms with Gasteiger partial charge < -0.3 is 14.4 Å². The number of nitrogens with one attached hydrogen (secondary N) is 1. The van der Waals surface area contributed by atoms with Crippen molar-refractivity contribution < 1.29 is 22.7 Å². The number of amides is 1. The van der Waals surface area contributed by atoms with Crippen LogP contribution in [0.4, 0.5) is 11.4 Å². The third-order valence-electron chi connectivity index (χ3n) is 5.07. The molecule has 0 bridgehead atoms. The Hall–Kier alpha value is -2.58. The molecular formula is C20H22N2O5S. The van der Waals surface area contributed by atoms with Gasteiger partial charge in [0.15, 0.2) is 0 Å². The van der Waals surface area contributed by atoms with Crippen molar-refractivity contribution in [3.05, 3.63) is 48.0 Å². The minimum absolute atomic E-state index is 0.0496. The van der Waals surface area contributed by atoms with Gasteiger partial charge in [0, 0.05) is 18.8 Å². The summed E-state index contributed by atoms with van der Waals surface area (Å²) in [5, 5.41) is 0. The molecule has 2 aromatic rings. The Balaban J connectivity index is 1.56. The third kappa shape index (κ3) is 3.57. The first kappa shape index (κ1) is 18.8. The van der Waals surface area contributed by atoms with Crippen LogP contribution < -0.4 is 14.4 Å². The summed E-state index contributed by atoms with van der Waals surface area (Å²) < 4.78 is 38.5. The fourth-order valence-corrected chi connectivity index (χ4v) is 4.64. The summed E-state index contributed by atoms with van der Waals surface area (Å²) >= 11 is 0. The van der Waals surface area contributed by atoms with Crippen molar-refractivity contribution in [2.75, 3.05) is 29.9 Å². The van der Waals surface area contributed by atoms with E-state index in [0.29, 0.717) is 24.6 Å². The zero-order chi connectivity index (χ0) is 19.7. The second kappa shape index (κ2) is 7.44. The molecule has 7 nitrogen and oxygen atoms in total. The SMILES string of the molecule is COc1ccc(S(=O)(=O)Nc2ccc3c(c2)N(C(=O)[C@H]2CCCO2)CC3)cc1. The van der Waals surface area contributed by atoms with Gasteiger partial charge in [0.25, 0.3) is 15.9 Å². The van der Waals surface area contributed by atoms with E-state index in [4.69, 9.17) is 9.47 Å². The van der Waals surface area contributed by atoms with Crippen LogP contribution in [0.15, 0.2) is 47.4 Å². The molecule has 0 radical (unpaired) electrons. The number of methoxy groups -OCH3 is 1. The Kier molecular flexibility index (Phi) is 4.99. The number of hydrogen-bond donors (Lipinski definition) is 1. The molecule has 1 N–H and O–H groups in total. The number of anilines is 2. The molecular weight excluding hydrogens is 380 g/mol. The average Bonchev–Trinajstić information content (AvgIpc) is 3.37. The molecule has 1 fully saturated rings. The number of nitrogens with zero attached hydrogens (tertiary/aromatic N) is 1. The smallest absolute Gasteiger partial charge is 0.261 e. The van der Waals surface area contributed by atoms with Crippen molar-refractivity contribution in [1.82, 2.24) is 0 Å². The zero-order valence-electron chi connectivity index (χ0n) is 15.6. The van der Waals surface area contributed by atoms with Crippen LogP contribution in [0.1, 0.15) is 18.4 Å². The maximum absolute atomic E-state index is 12.7. The summed E-state index contributed by atoms with van der Waals surface area (Å²) in [4.78, 5) is 14.6. The summed E-state index contributed by atoms with van der Waals surface area (Å²) in [6, 6.07) is 11.5. The van der Waals surface area contributed by atoms with E-state index < -0.39 is 16.1 Å². The van der Waals surface area contributed by atoms with Gasteiger partial charge in [-0.3, -0.25) is 9.52 Å². The fraction of sp³-hybridized carbons (Fsp3) is 0.350. The normalized spacial score (nSPS) is 18.8. The van der Waals surface area contributed by atoms with E-state index in [0.717, 1.165) is 30.5 Å². The summed E-state index contributed by atoms with van der Waals surface area (Å²) in [6.45, 7) is 1.20. The second-order valence-corrected chi connectivity index (χ2v) is 8.55. The average molecular weight is 402 g/mol. The third-order valence-corrected chi connectivity index (χ3v) is 6.47. The van der Waals surface area contributed by atoms with Gasteiger partial charge in [-0.15, -0.1) is 0 Å². The van der Waals surface area contributed by atoms with Gasteiger partial charge in [0.2, 0.25) is 0 Å². The molecule has 2 aromatic carbocycles. The van der Waals surface area contributed by atoms with Crippen LogP contribution in [0.25, 0.3) is 0 Å². The van der Waals surface area contributed by atoms with Gasteiger partial charge in [0.05, 0.1) is 17.7 Å². The Labute approximate surface area is 164 Å². The maximum atomic E-state index is 12.7. The summed E-state index contributed by atoms with van der Waals surface area (Å²) in [5.74, 6) is 0.533. The van der Waals surface area contributed by atoms with Crippen LogP contribution in [0.2, 0.25) is 0 Å². The first-order valence-electron chi connectivity index (χ1n) is 9.21. The van der Waals surface area contributed by atoms with Crippen LogP contribution in [0, 0.1) is 0 Å². The molecule has 8 heteroatoms. The molecule has 2 aliphatic rings. The Morgan fingerprint density at radius 2 is 2.00 bits per heavy atom. The number of carbonyl (C=O) groups is 1. The summed E-state index contributed by atoms with van der Waals surface area (Å²) in [5.41, 5.74) is 2.19. The Morgan fingerprint density at radius 1 is 1.21 bits per heavy atom.